The fourth-order valence-electron chi connectivity index (χ4n) is 4.14. The second kappa shape index (κ2) is 9.70. The number of fused-ring (bicyclic) bond motifs is 1. The fraction of sp³-hybridized carbons (Fsp3) is 0.565. The summed E-state index contributed by atoms with van der Waals surface area (Å²) in [6.45, 7) is 9.32. The lowest BCUT2D eigenvalue weighted by molar-refractivity contribution is 0.122. The van der Waals surface area contributed by atoms with E-state index in [-0.39, 0.29) is 11.7 Å². The lowest BCUT2D eigenvalue weighted by Crippen LogP contribution is -2.38. The molecule has 1 N–H and O–H groups in total. The van der Waals surface area contributed by atoms with Crippen LogP contribution in [0.15, 0.2) is 23.0 Å². The van der Waals surface area contributed by atoms with Crippen LogP contribution in [-0.4, -0.2) is 67.5 Å². The zero-order valence-corrected chi connectivity index (χ0v) is 18.6. The number of H-pyrrole nitrogens is 1. The molecule has 168 valence electrons. The van der Waals surface area contributed by atoms with Crippen molar-refractivity contribution in [1.82, 2.24) is 14.9 Å². The van der Waals surface area contributed by atoms with Crippen molar-refractivity contribution in [3.63, 3.8) is 0 Å². The van der Waals surface area contributed by atoms with Crippen molar-refractivity contribution >= 4 is 5.95 Å². The first-order valence-corrected chi connectivity index (χ1v) is 11.0. The maximum Gasteiger partial charge on any atom is 0.255 e. The van der Waals surface area contributed by atoms with Gasteiger partial charge in [-0.15, -0.1) is 0 Å². The average Bonchev–Trinajstić information content (AvgIpc) is 2.98. The summed E-state index contributed by atoms with van der Waals surface area (Å²) in [5, 5.41) is 0. The monoisotopic (exact) mass is 428 g/mol. The van der Waals surface area contributed by atoms with E-state index in [1.165, 1.54) is 0 Å². The molecule has 1 fully saturated rings. The topological polar surface area (TPSA) is 79.9 Å². The molecule has 0 atom stereocenters. The van der Waals surface area contributed by atoms with Gasteiger partial charge in [-0.3, -0.25) is 14.7 Å². The standard InChI is InChI=1S/C23H32N4O4/c1-16(2)31-20-5-4-17(14-21(20)29-3)15-26-8-6-18-19(7-9-26)24-23(25-22(18)28)27-10-12-30-13-11-27/h4-5,14,16H,6-13,15H2,1-3H3,(H,24,25,28). The van der Waals surface area contributed by atoms with Crippen LogP contribution in [0.4, 0.5) is 5.95 Å². The molecule has 2 aliphatic rings. The molecule has 8 heteroatoms. The fourth-order valence-corrected chi connectivity index (χ4v) is 4.14. The molecule has 0 bridgehead atoms. The number of morpholine rings is 1. The molecular formula is C23H32N4O4. The van der Waals surface area contributed by atoms with Crippen LogP contribution in [0.1, 0.15) is 30.7 Å². The van der Waals surface area contributed by atoms with Crippen LogP contribution in [-0.2, 0) is 24.1 Å². The Bertz CT molecular complexity index is 953. The molecule has 1 aromatic heterocycles. The Labute approximate surface area is 183 Å². The number of methoxy groups -OCH3 is 1. The number of rotatable bonds is 6. The van der Waals surface area contributed by atoms with Crippen LogP contribution in [0.25, 0.3) is 0 Å². The molecule has 0 aliphatic carbocycles. The van der Waals surface area contributed by atoms with Gasteiger partial charge in [0.25, 0.3) is 5.56 Å². The normalized spacial score (nSPS) is 17.4. The number of benzene rings is 1. The van der Waals surface area contributed by atoms with Crippen molar-refractivity contribution in [2.24, 2.45) is 0 Å². The summed E-state index contributed by atoms with van der Waals surface area (Å²) in [4.78, 5) is 25.0. The third-order valence-corrected chi connectivity index (χ3v) is 5.74. The predicted molar refractivity (Wildman–Crippen MR) is 119 cm³/mol. The molecule has 8 nitrogen and oxygen atoms in total. The van der Waals surface area contributed by atoms with Gasteiger partial charge >= 0.3 is 0 Å². The van der Waals surface area contributed by atoms with Gasteiger partial charge < -0.3 is 19.1 Å². The molecule has 31 heavy (non-hydrogen) atoms. The lowest BCUT2D eigenvalue weighted by Gasteiger charge is -2.27. The molecule has 1 saturated heterocycles. The third-order valence-electron chi connectivity index (χ3n) is 5.74. The van der Waals surface area contributed by atoms with Gasteiger partial charge in [-0.2, -0.15) is 0 Å². The first kappa shape index (κ1) is 21.6. The van der Waals surface area contributed by atoms with Gasteiger partial charge in [-0.25, -0.2) is 4.98 Å². The van der Waals surface area contributed by atoms with Gasteiger partial charge in [0.15, 0.2) is 11.5 Å². The predicted octanol–water partition coefficient (Wildman–Crippen LogP) is 2.00. The maximum absolute atomic E-state index is 12.8. The number of anilines is 1. The van der Waals surface area contributed by atoms with E-state index in [4.69, 9.17) is 19.2 Å². The van der Waals surface area contributed by atoms with Gasteiger partial charge in [0.1, 0.15) is 0 Å². The van der Waals surface area contributed by atoms with Gasteiger partial charge in [-0.1, -0.05) is 6.07 Å². The third kappa shape index (κ3) is 5.19. The van der Waals surface area contributed by atoms with Crippen molar-refractivity contribution < 1.29 is 14.2 Å². The molecule has 3 heterocycles. The SMILES string of the molecule is COc1cc(CN2CCc3nc(N4CCOCC4)[nH]c(=O)c3CC2)ccc1OC(C)C. The van der Waals surface area contributed by atoms with E-state index in [0.717, 1.165) is 67.5 Å². The Hall–Kier alpha value is -2.58. The summed E-state index contributed by atoms with van der Waals surface area (Å²) >= 11 is 0. The van der Waals surface area contributed by atoms with Gasteiger partial charge in [-0.05, 0) is 38.0 Å². The molecule has 0 unspecified atom stereocenters. The first-order valence-electron chi connectivity index (χ1n) is 11.0. The minimum Gasteiger partial charge on any atom is -0.493 e. The smallest absolute Gasteiger partial charge is 0.255 e. The Morgan fingerprint density at radius 1 is 1.13 bits per heavy atom. The number of hydrogen-bond acceptors (Lipinski definition) is 7. The summed E-state index contributed by atoms with van der Waals surface area (Å²) in [5.74, 6) is 2.18. The van der Waals surface area contributed by atoms with E-state index in [1.54, 1.807) is 7.11 Å². The van der Waals surface area contributed by atoms with Crippen molar-refractivity contribution in [3.05, 3.63) is 45.4 Å². The number of aromatic amines is 1. The zero-order chi connectivity index (χ0) is 21.8. The van der Waals surface area contributed by atoms with E-state index in [2.05, 4.69) is 20.9 Å². The van der Waals surface area contributed by atoms with E-state index in [1.807, 2.05) is 26.0 Å². The minimum absolute atomic E-state index is 0.00908. The van der Waals surface area contributed by atoms with Crippen LogP contribution in [0.2, 0.25) is 0 Å². The Kier molecular flexibility index (Phi) is 6.77. The Morgan fingerprint density at radius 2 is 1.90 bits per heavy atom. The molecule has 0 saturated carbocycles. The van der Waals surface area contributed by atoms with E-state index >= 15 is 0 Å². The highest BCUT2D eigenvalue weighted by atomic mass is 16.5. The molecule has 4 rings (SSSR count). The largest absolute Gasteiger partial charge is 0.493 e. The highest BCUT2D eigenvalue weighted by Crippen LogP contribution is 2.29. The molecule has 2 aliphatic heterocycles. The van der Waals surface area contributed by atoms with Crippen molar-refractivity contribution in [2.75, 3.05) is 51.4 Å². The summed E-state index contributed by atoms with van der Waals surface area (Å²) in [6.07, 6.45) is 1.56. The van der Waals surface area contributed by atoms with Crippen LogP contribution in [0.3, 0.4) is 0 Å². The second-order valence-corrected chi connectivity index (χ2v) is 8.34. The maximum atomic E-state index is 12.8. The van der Waals surface area contributed by atoms with Crippen LogP contribution >= 0.6 is 0 Å². The average molecular weight is 429 g/mol. The van der Waals surface area contributed by atoms with Gasteiger partial charge in [0.05, 0.1) is 32.1 Å². The quantitative estimate of drug-likeness (QED) is 0.754. The van der Waals surface area contributed by atoms with E-state index in [0.29, 0.717) is 25.6 Å². The second-order valence-electron chi connectivity index (χ2n) is 8.34. The lowest BCUT2D eigenvalue weighted by atomic mass is 10.1. The van der Waals surface area contributed by atoms with E-state index in [9.17, 15) is 4.79 Å². The summed E-state index contributed by atoms with van der Waals surface area (Å²) in [6, 6.07) is 6.10. The number of hydrogen-bond donors (Lipinski definition) is 1. The Balaban J connectivity index is 1.46. The molecule has 2 aromatic rings. The number of nitrogens with one attached hydrogen (secondary N) is 1. The van der Waals surface area contributed by atoms with Crippen LogP contribution in [0, 0.1) is 0 Å². The number of aromatic nitrogens is 2. The molecule has 0 radical (unpaired) electrons. The van der Waals surface area contributed by atoms with Crippen molar-refractivity contribution in [1.29, 1.82) is 0 Å². The molecular weight excluding hydrogens is 396 g/mol. The van der Waals surface area contributed by atoms with E-state index < -0.39 is 0 Å². The number of ether oxygens (including phenoxy) is 3. The molecule has 0 spiro atoms. The summed E-state index contributed by atoms with van der Waals surface area (Å²) < 4.78 is 16.8. The highest BCUT2D eigenvalue weighted by Gasteiger charge is 2.21. The van der Waals surface area contributed by atoms with Crippen LogP contribution in [0.5, 0.6) is 11.5 Å². The highest BCUT2D eigenvalue weighted by molar-refractivity contribution is 5.43. The number of nitrogens with zero attached hydrogens (tertiary/aromatic N) is 3. The zero-order valence-electron chi connectivity index (χ0n) is 18.6. The summed E-state index contributed by atoms with van der Waals surface area (Å²) in [5.41, 5.74) is 2.89. The first-order chi connectivity index (χ1) is 15.0. The molecule has 0 amide bonds. The van der Waals surface area contributed by atoms with Crippen LogP contribution < -0.4 is 19.9 Å². The van der Waals surface area contributed by atoms with Gasteiger partial charge in [0, 0.05) is 44.7 Å². The molecule has 1 aromatic carbocycles. The summed E-state index contributed by atoms with van der Waals surface area (Å²) in [7, 11) is 1.67. The van der Waals surface area contributed by atoms with Gasteiger partial charge in [0.2, 0.25) is 5.95 Å². The van der Waals surface area contributed by atoms with Crippen molar-refractivity contribution in [2.45, 2.75) is 39.3 Å². The Morgan fingerprint density at radius 3 is 2.65 bits per heavy atom. The minimum atomic E-state index is -0.00908. The van der Waals surface area contributed by atoms with Crippen molar-refractivity contribution in [3.8, 4) is 11.5 Å².